The lowest BCUT2D eigenvalue weighted by Crippen LogP contribution is -2.45. The van der Waals surface area contributed by atoms with Gasteiger partial charge in [-0.2, -0.15) is 0 Å². The Balaban J connectivity index is 1.76. The molecule has 1 atom stereocenters. The molecule has 26 heavy (non-hydrogen) atoms. The maximum Gasteiger partial charge on any atom is 0.326 e. The highest BCUT2D eigenvalue weighted by atomic mass is 32.1. The van der Waals surface area contributed by atoms with Gasteiger partial charge in [-0.15, -0.1) is 0 Å². The number of hydrogen-bond acceptors (Lipinski definition) is 3. The van der Waals surface area contributed by atoms with Gasteiger partial charge >= 0.3 is 5.97 Å². The topological polar surface area (TPSA) is 85.4 Å². The van der Waals surface area contributed by atoms with Gasteiger partial charge < -0.3 is 26.4 Å². The summed E-state index contributed by atoms with van der Waals surface area (Å²) in [6, 6.07) is 18.0. The van der Waals surface area contributed by atoms with Gasteiger partial charge in [-0.1, -0.05) is 36.4 Å². The second-order valence-corrected chi connectivity index (χ2v) is 6.21. The summed E-state index contributed by atoms with van der Waals surface area (Å²) in [5, 5.41) is 21.8. The van der Waals surface area contributed by atoms with Crippen LogP contribution in [0.25, 0.3) is 0 Å². The van der Waals surface area contributed by atoms with Crippen molar-refractivity contribution in [3.63, 3.8) is 0 Å². The molecule has 0 aliphatic heterocycles. The van der Waals surface area contributed by atoms with Crippen LogP contribution in [0.5, 0.6) is 0 Å². The summed E-state index contributed by atoms with van der Waals surface area (Å²) in [5.41, 5.74) is 1.66. The molecule has 0 aliphatic carbocycles. The van der Waals surface area contributed by atoms with E-state index in [1.807, 2.05) is 60.7 Å². The molecule has 8 heteroatoms. The Bertz CT molecular complexity index is 741. The average molecular weight is 389 g/mol. The first-order valence-electron chi connectivity index (χ1n) is 8.00. The maximum atomic E-state index is 11.4. The molecule has 0 bridgehead atoms. The number of benzene rings is 2. The molecule has 0 aromatic heterocycles. The third kappa shape index (κ3) is 7.04. The van der Waals surface area contributed by atoms with Gasteiger partial charge in [0.1, 0.15) is 6.04 Å². The molecule has 5 N–H and O–H groups in total. The zero-order valence-electron chi connectivity index (χ0n) is 13.9. The standard InChI is InChI=1S/C18H20N4O2S2/c23-16(24)15(22-18(26)21-14-9-5-2-6-10-14)11-12-19-17(25)20-13-7-3-1-4-8-13/h1-10,15H,11-12H2,(H,23,24)(H2,19,20,25)(H2,21,22,26). The van der Waals surface area contributed by atoms with E-state index in [1.54, 1.807) is 0 Å². The first-order chi connectivity index (χ1) is 12.5. The minimum absolute atomic E-state index is 0.258. The molecule has 0 heterocycles. The van der Waals surface area contributed by atoms with Crippen molar-refractivity contribution in [1.29, 1.82) is 0 Å². The summed E-state index contributed by atoms with van der Waals surface area (Å²) in [7, 11) is 0. The predicted molar refractivity (Wildman–Crippen MR) is 113 cm³/mol. The number of para-hydroxylation sites is 2. The van der Waals surface area contributed by atoms with Crippen LogP contribution in [0, 0.1) is 0 Å². The monoisotopic (exact) mass is 388 g/mol. The van der Waals surface area contributed by atoms with Crippen LogP contribution in [-0.2, 0) is 4.79 Å². The second-order valence-electron chi connectivity index (χ2n) is 5.39. The fraction of sp³-hybridized carbons (Fsp3) is 0.167. The normalized spacial score (nSPS) is 11.1. The molecular weight excluding hydrogens is 368 g/mol. The van der Waals surface area contributed by atoms with E-state index >= 15 is 0 Å². The van der Waals surface area contributed by atoms with E-state index in [0.717, 1.165) is 11.4 Å². The quantitative estimate of drug-likeness (QED) is 0.463. The molecule has 0 saturated heterocycles. The van der Waals surface area contributed by atoms with E-state index in [9.17, 15) is 9.90 Å². The number of carboxylic acid groups (broad SMARTS) is 1. The lowest BCUT2D eigenvalue weighted by atomic mass is 10.2. The highest BCUT2D eigenvalue weighted by Crippen LogP contribution is 2.06. The SMILES string of the molecule is O=C(O)C(CCNC(=S)Nc1ccccc1)NC(=S)Nc1ccccc1. The number of carbonyl (C=O) groups is 1. The largest absolute Gasteiger partial charge is 0.480 e. The van der Waals surface area contributed by atoms with Crippen molar-refractivity contribution in [2.24, 2.45) is 0 Å². The third-order valence-electron chi connectivity index (χ3n) is 3.39. The Labute approximate surface area is 163 Å². The Morgan fingerprint density at radius 3 is 1.88 bits per heavy atom. The summed E-state index contributed by atoms with van der Waals surface area (Å²) in [5.74, 6) is -0.981. The Kier molecular flexibility index (Phi) is 7.78. The summed E-state index contributed by atoms with van der Waals surface area (Å²) in [6.45, 7) is 0.385. The predicted octanol–water partition coefficient (Wildman–Crippen LogP) is 2.80. The molecule has 0 aliphatic rings. The van der Waals surface area contributed by atoms with Gasteiger partial charge in [0.25, 0.3) is 0 Å². The van der Waals surface area contributed by atoms with Crippen molar-refractivity contribution in [3.05, 3.63) is 60.7 Å². The van der Waals surface area contributed by atoms with Crippen LogP contribution in [0.4, 0.5) is 11.4 Å². The fourth-order valence-corrected chi connectivity index (χ4v) is 2.61. The molecule has 2 aromatic rings. The van der Waals surface area contributed by atoms with Gasteiger partial charge in [-0.3, -0.25) is 0 Å². The first kappa shape index (κ1) is 19.6. The molecule has 2 rings (SSSR count). The third-order valence-corrected chi connectivity index (χ3v) is 3.85. The van der Waals surface area contributed by atoms with Crippen LogP contribution in [-0.4, -0.2) is 33.9 Å². The molecule has 0 spiro atoms. The van der Waals surface area contributed by atoms with Crippen LogP contribution in [0.1, 0.15) is 6.42 Å². The van der Waals surface area contributed by atoms with Crippen LogP contribution in [0.3, 0.4) is 0 Å². The molecule has 2 aromatic carbocycles. The van der Waals surface area contributed by atoms with E-state index in [-0.39, 0.29) is 5.11 Å². The minimum Gasteiger partial charge on any atom is -0.480 e. The molecule has 136 valence electrons. The van der Waals surface area contributed by atoms with Crippen LogP contribution < -0.4 is 21.3 Å². The zero-order chi connectivity index (χ0) is 18.8. The molecule has 0 radical (unpaired) electrons. The summed E-state index contributed by atoms with van der Waals surface area (Å²) < 4.78 is 0. The van der Waals surface area contributed by atoms with Crippen molar-refractivity contribution < 1.29 is 9.90 Å². The molecule has 1 unspecified atom stereocenters. The maximum absolute atomic E-state index is 11.4. The van der Waals surface area contributed by atoms with E-state index in [1.165, 1.54) is 0 Å². The second kappa shape index (κ2) is 10.3. The molecule has 0 saturated carbocycles. The first-order valence-corrected chi connectivity index (χ1v) is 8.81. The van der Waals surface area contributed by atoms with Gasteiger partial charge in [0.2, 0.25) is 0 Å². The van der Waals surface area contributed by atoms with E-state index in [2.05, 4.69) is 21.3 Å². The van der Waals surface area contributed by atoms with Crippen LogP contribution >= 0.6 is 24.4 Å². The highest BCUT2D eigenvalue weighted by molar-refractivity contribution is 7.80. The number of nitrogens with one attached hydrogen (secondary N) is 4. The van der Waals surface area contributed by atoms with E-state index < -0.39 is 12.0 Å². The van der Waals surface area contributed by atoms with Crippen LogP contribution in [0.15, 0.2) is 60.7 Å². The van der Waals surface area contributed by atoms with Crippen molar-refractivity contribution >= 4 is 52.0 Å². The Morgan fingerprint density at radius 2 is 1.38 bits per heavy atom. The molecule has 0 amide bonds. The number of hydrogen-bond donors (Lipinski definition) is 5. The number of carboxylic acids is 1. The number of aliphatic carboxylic acids is 1. The van der Waals surface area contributed by atoms with Crippen molar-refractivity contribution in [3.8, 4) is 0 Å². The van der Waals surface area contributed by atoms with Crippen molar-refractivity contribution in [2.75, 3.05) is 17.2 Å². The van der Waals surface area contributed by atoms with Crippen molar-refractivity contribution in [1.82, 2.24) is 10.6 Å². The van der Waals surface area contributed by atoms with Gasteiger partial charge in [0.05, 0.1) is 0 Å². The molecule has 0 fully saturated rings. The minimum atomic E-state index is -0.981. The highest BCUT2D eigenvalue weighted by Gasteiger charge is 2.18. The van der Waals surface area contributed by atoms with Gasteiger partial charge in [-0.25, -0.2) is 4.79 Å². The lowest BCUT2D eigenvalue weighted by Gasteiger charge is -2.18. The lowest BCUT2D eigenvalue weighted by molar-refractivity contribution is -0.139. The van der Waals surface area contributed by atoms with Gasteiger partial charge in [-0.05, 0) is 55.1 Å². The average Bonchev–Trinajstić information content (AvgIpc) is 2.62. The molecular formula is C18H20N4O2S2. The van der Waals surface area contributed by atoms with E-state index in [0.29, 0.717) is 18.1 Å². The number of rotatable bonds is 7. The smallest absolute Gasteiger partial charge is 0.326 e. The van der Waals surface area contributed by atoms with Gasteiger partial charge in [0.15, 0.2) is 10.2 Å². The summed E-state index contributed by atoms with van der Waals surface area (Å²) in [4.78, 5) is 11.4. The zero-order valence-corrected chi connectivity index (χ0v) is 15.6. The Morgan fingerprint density at radius 1 is 0.885 bits per heavy atom. The Hall–Kier alpha value is -2.71. The van der Waals surface area contributed by atoms with Crippen LogP contribution in [0.2, 0.25) is 0 Å². The van der Waals surface area contributed by atoms with Crippen molar-refractivity contribution in [2.45, 2.75) is 12.5 Å². The number of thiocarbonyl (C=S) groups is 2. The number of anilines is 2. The fourth-order valence-electron chi connectivity index (χ4n) is 2.13. The summed E-state index contributed by atoms with van der Waals surface area (Å²) >= 11 is 10.4. The molecule has 6 nitrogen and oxygen atoms in total. The summed E-state index contributed by atoms with van der Waals surface area (Å²) in [6.07, 6.45) is 0.308. The van der Waals surface area contributed by atoms with Gasteiger partial charge in [0, 0.05) is 17.9 Å². The van der Waals surface area contributed by atoms with E-state index in [4.69, 9.17) is 24.4 Å².